The number of carbonyl (C=O) groups is 2. The molecule has 0 radical (unpaired) electrons. The molecule has 1 fully saturated rings. The second-order valence-electron chi connectivity index (χ2n) is 10.3. The van der Waals surface area contributed by atoms with Crippen molar-refractivity contribution >= 4 is 38.4 Å². The van der Waals surface area contributed by atoms with Crippen molar-refractivity contribution in [1.29, 1.82) is 0 Å². The molecule has 4 aromatic rings. The van der Waals surface area contributed by atoms with E-state index in [4.69, 9.17) is 4.74 Å². The van der Waals surface area contributed by atoms with Crippen molar-refractivity contribution in [1.82, 2.24) is 19.8 Å². The Kier molecular flexibility index (Phi) is 9.23. The molecule has 14 heteroatoms. The highest BCUT2D eigenvalue weighted by Gasteiger charge is 2.31. The summed E-state index contributed by atoms with van der Waals surface area (Å²) in [7, 11) is -4.50. The Hall–Kier alpha value is -4.72. The van der Waals surface area contributed by atoms with Crippen LogP contribution in [0.25, 0.3) is 21.9 Å². The number of halogens is 3. The summed E-state index contributed by atoms with van der Waals surface area (Å²) in [5, 5.41) is 9.53. The summed E-state index contributed by atoms with van der Waals surface area (Å²) in [5.74, 6) is -1.38. The largest absolute Gasteiger partial charge is 0.494 e. The summed E-state index contributed by atoms with van der Waals surface area (Å²) in [5.41, 5.74) is 2.20. The standard InChI is InChI=1S/C31H30F3N5O5S/c1-2-44-22-7-5-6-21(20-22)23-10-11-26(25-9-4-3-8-24(23)25)30(41)39-17-15-38(16-18-39)28-13-12-27(35-36-28)29(40)37-45(42,43)19-14-31(32,33)34/h3-13,20H,2,14-19H2,1H3,(H,37,40). The first-order valence-electron chi connectivity index (χ1n) is 14.2. The average Bonchev–Trinajstić information content (AvgIpc) is 3.03. The van der Waals surface area contributed by atoms with Crippen LogP contribution >= 0.6 is 0 Å². The molecule has 1 N–H and O–H groups in total. The quantitative estimate of drug-likeness (QED) is 0.280. The third kappa shape index (κ3) is 7.69. The molecular weight excluding hydrogens is 611 g/mol. The number of benzene rings is 3. The first-order chi connectivity index (χ1) is 21.4. The average molecular weight is 642 g/mol. The number of piperazine rings is 1. The molecule has 2 amide bonds. The summed E-state index contributed by atoms with van der Waals surface area (Å²) in [6.45, 7) is 4.14. The molecule has 0 unspecified atom stereocenters. The van der Waals surface area contributed by atoms with Gasteiger partial charge >= 0.3 is 6.18 Å². The normalized spacial score (nSPS) is 14.0. The minimum absolute atomic E-state index is 0.106. The molecule has 3 aromatic carbocycles. The van der Waals surface area contributed by atoms with Crippen LogP contribution in [-0.2, 0) is 10.0 Å². The molecule has 0 bridgehead atoms. The van der Waals surface area contributed by atoms with E-state index in [0.29, 0.717) is 44.2 Å². The van der Waals surface area contributed by atoms with Gasteiger partial charge in [-0.25, -0.2) is 13.1 Å². The number of fused-ring (bicyclic) bond motifs is 1. The summed E-state index contributed by atoms with van der Waals surface area (Å²) in [6, 6.07) is 22.1. The van der Waals surface area contributed by atoms with E-state index in [1.54, 1.807) is 9.62 Å². The van der Waals surface area contributed by atoms with Crippen LogP contribution in [0.2, 0.25) is 0 Å². The monoisotopic (exact) mass is 641 g/mol. The molecule has 10 nitrogen and oxygen atoms in total. The van der Waals surface area contributed by atoms with Crippen molar-refractivity contribution in [3.8, 4) is 16.9 Å². The lowest BCUT2D eigenvalue weighted by Gasteiger charge is -2.35. The van der Waals surface area contributed by atoms with Crippen LogP contribution in [0.15, 0.2) is 72.8 Å². The number of anilines is 1. The predicted molar refractivity (Wildman–Crippen MR) is 163 cm³/mol. The number of carbonyl (C=O) groups excluding carboxylic acids is 2. The van der Waals surface area contributed by atoms with Crippen molar-refractivity contribution in [2.24, 2.45) is 0 Å². The van der Waals surface area contributed by atoms with Gasteiger partial charge in [-0.15, -0.1) is 10.2 Å². The Morgan fingerprint density at radius 2 is 1.64 bits per heavy atom. The lowest BCUT2D eigenvalue weighted by atomic mass is 9.94. The van der Waals surface area contributed by atoms with E-state index >= 15 is 0 Å². The molecule has 0 atom stereocenters. The number of sulfonamides is 1. The van der Waals surface area contributed by atoms with Crippen LogP contribution in [0.4, 0.5) is 19.0 Å². The van der Waals surface area contributed by atoms with Crippen LogP contribution in [-0.4, -0.2) is 80.0 Å². The third-order valence-electron chi connectivity index (χ3n) is 7.29. The van der Waals surface area contributed by atoms with Crippen molar-refractivity contribution in [3.63, 3.8) is 0 Å². The van der Waals surface area contributed by atoms with Crippen LogP contribution in [0.3, 0.4) is 0 Å². The Morgan fingerprint density at radius 1 is 0.911 bits per heavy atom. The Balaban J connectivity index is 1.24. The van der Waals surface area contributed by atoms with E-state index in [0.717, 1.165) is 27.6 Å². The van der Waals surface area contributed by atoms with Gasteiger partial charge in [0.2, 0.25) is 10.0 Å². The van der Waals surface area contributed by atoms with Crippen molar-refractivity contribution in [3.05, 3.63) is 84.1 Å². The molecule has 1 aliphatic heterocycles. The molecule has 0 saturated carbocycles. The molecular formula is C31H30F3N5O5S. The number of rotatable bonds is 9. The predicted octanol–water partition coefficient (Wildman–Crippen LogP) is 4.67. The van der Waals surface area contributed by atoms with Gasteiger partial charge in [0.25, 0.3) is 11.8 Å². The van der Waals surface area contributed by atoms with Gasteiger partial charge in [-0.2, -0.15) is 13.2 Å². The SMILES string of the molecule is CCOc1cccc(-c2ccc(C(=O)N3CCN(c4ccc(C(=O)NS(=O)(=O)CCC(F)(F)F)nn4)CC3)c3ccccc23)c1. The number of hydrogen-bond donors (Lipinski definition) is 1. The minimum atomic E-state index is -4.68. The molecule has 236 valence electrons. The van der Waals surface area contributed by atoms with Gasteiger partial charge in [-0.1, -0.05) is 42.5 Å². The number of ether oxygens (including phenoxy) is 1. The molecule has 0 aliphatic carbocycles. The number of hydrogen-bond acceptors (Lipinski definition) is 8. The first-order valence-corrected chi connectivity index (χ1v) is 15.8. The molecule has 2 heterocycles. The van der Waals surface area contributed by atoms with Crippen LogP contribution in [0.5, 0.6) is 5.75 Å². The second kappa shape index (κ2) is 13.1. The van der Waals surface area contributed by atoms with E-state index < -0.39 is 34.3 Å². The molecule has 1 saturated heterocycles. The number of amides is 2. The van der Waals surface area contributed by atoms with Gasteiger partial charge in [-0.05, 0) is 59.2 Å². The maximum absolute atomic E-state index is 13.7. The topological polar surface area (TPSA) is 122 Å². The van der Waals surface area contributed by atoms with E-state index in [1.165, 1.54) is 12.1 Å². The zero-order valence-electron chi connectivity index (χ0n) is 24.3. The Labute approximate surface area is 257 Å². The summed E-state index contributed by atoms with van der Waals surface area (Å²) < 4.78 is 68.0. The fourth-order valence-corrected chi connectivity index (χ4v) is 6.07. The first kappa shape index (κ1) is 31.7. The molecule has 1 aromatic heterocycles. The number of nitrogens with zero attached hydrogens (tertiary/aromatic N) is 4. The summed E-state index contributed by atoms with van der Waals surface area (Å²) >= 11 is 0. The zero-order valence-corrected chi connectivity index (χ0v) is 25.1. The van der Waals surface area contributed by atoms with Crippen LogP contribution in [0, 0.1) is 0 Å². The van der Waals surface area contributed by atoms with Gasteiger partial charge in [0.15, 0.2) is 11.5 Å². The number of nitrogens with one attached hydrogen (secondary N) is 1. The van der Waals surface area contributed by atoms with Gasteiger partial charge in [0.05, 0.1) is 18.8 Å². The third-order valence-corrected chi connectivity index (χ3v) is 8.52. The van der Waals surface area contributed by atoms with Gasteiger partial charge in [0, 0.05) is 31.7 Å². The maximum atomic E-state index is 13.7. The molecule has 5 rings (SSSR count). The smallest absolute Gasteiger partial charge is 0.390 e. The second-order valence-corrected chi connectivity index (χ2v) is 12.2. The Morgan fingerprint density at radius 3 is 2.31 bits per heavy atom. The summed E-state index contributed by atoms with van der Waals surface area (Å²) in [6.07, 6.45) is -6.26. The minimum Gasteiger partial charge on any atom is -0.494 e. The van der Waals surface area contributed by atoms with Gasteiger partial charge in [0.1, 0.15) is 5.75 Å². The highest BCUT2D eigenvalue weighted by atomic mass is 32.2. The lowest BCUT2D eigenvalue weighted by molar-refractivity contribution is -0.130. The fraction of sp³-hybridized carbons (Fsp3) is 0.290. The number of aromatic nitrogens is 2. The molecule has 45 heavy (non-hydrogen) atoms. The fourth-order valence-electron chi connectivity index (χ4n) is 5.08. The van der Waals surface area contributed by atoms with Crippen molar-refractivity contribution < 1.29 is 35.9 Å². The van der Waals surface area contributed by atoms with E-state index in [2.05, 4.69) is 10.2 Å². The highest BCUT2D eigenvalue weighted by molar-refractivity contribution is 7.90. The van der Waals surface area contributed by atoms with E-state index in [9.17, 15) is 31.2 Å². The molecule has 0 spiro atoms. The number of alkyl halides is 3. The highest BCUT2D eigenvalue weighted by Crippen LogP contribution is 2.33. The van der Waals surface area contributed by atoms with Gasteiger partial charge < -0.3 is 14.5 Å². The van der Waals surface area contributed by atoms with E-state index in [1.807, 2.05) is 72.5 Å². The van der Waals surface area contributed by atoms with Crippen LogP contribution in [0.1, 0.15) is 34.2 Å². The summed E-state index contributed by atoms with van der Waals surface area (Å²) in [4.78, 5) is 29.5. The lowest BCUT2D eigenvalue weighted by Crippen LogP contribution is -2.49. The zero-order chi connectivity index (χ0) is 32.2. The van der Waals surface area contributed by atoms with Gasteiger partial charge in [-0.3, -0.25) is 9.59 Å². The Bertz CT molecular complexity index is 1810. The van der Waals surface area contributed by atoms with Crippen molar-refractivity contribution in [2.75, 3.05) is 43.4 Å². The van der Waals surface area contributed by atoms with Crippen LogP contribution < -0.4 is 14.4 Å². The van der Waals surface area contributed by atoms with E-state index in [-0.39, 0.29) is 11.6 Å². The van der Waals surface area contributed by atoms with Crippen molar-refractivity contribution in [2.45, 2.75) is 19.5 Å². The molecule has 1 aliphatic rings. The maximum Gasteiger partial charge on any atom is 0.390 e.